The lowest BCUT2D eigenvalue weighted by atomic mass is 10.2. The first kappa shape index (κ1) is 17.9. The van der Waals surface area contributed by atoms with Crippen LogP contribution in [-0.4, -0.2) is 31.6 Å². The third kappa shape index (κ3) is 3.50. The number of anilines is 1. The van der Waals surface area contributed by atoms with E-state index in [0.29, 0.717) is 30.4 Å². The van der Waals surface area contributed by atoms with Crippen LogP contribution in [0.25, 0.3) is 20.8 Å². The summed E-state index contributed by atoms with van der Waals surface area (Å²) in [7, 11) is -3.78. The number of nitrogens with one attached hydrogen (secondary N) is 1. The van der Waals surface area contributed by atoms with Crippen molar-refractivity contribution in [1.82, 2.24) is 9.97 Å². The fourth-order valence-corrected chi connectivity index (χ4v) is 5.02. The number of hydrogen-bond acceptors (Lipinski definition) is 7. The highest BCUT2D eigenvalue weighted by Crippen LogP contribution is 2.34. The van der Waals surface area contributed by atoms with Crippen LogP contribution in [0.4, 0.5) is 5.69 Å². The van der Waals surface area contributed by atoms with Crippen LogP contribution >= 0.6 is 11.3 Å². The Morgan fingerprint density at radius 2 is 1.86 bits per heavy atom. The van der Waals surface area contributed by atoms with E-state index in [0.717, 1.165) is 20.8 Å². The van der Waals surface area contributed by atoms with E-state index in [2.05, 4.69) is 14.7 Å². The summed E-state index contributed by atoms with van der Waals surface area (Å²) in [5, 5.41) is 0.799. The highest BCUT2D eigenvalue weighted by molar-refractivity contribution is 7.92. The van der Waals surface area contributed by atoms with Crippen molar-refractivity contribution < 1.29 is 17.9 Å². The lowest BCUT2D eigenvalue weighted by molar-refractivity contribution is 0.171. The van der Waals surface area contributed by atoms with E-state index in [1.165, 1.54) is 23.5 Å². The molecule has 0 amide bonds. The maximum atomic E-state index is 12.8. The van der Waals surface area contributed by atoms with E-state index in [9.17, 15) is 8.42 Å². The van der Waals surface area contributed by atoms with Crippen LogP contribution in [0.3, 0.4) is 0 Å². The predicted molar refractivity (Wildman–Crippen MR) is 111 cm³/mol. The molecule has 1 aliphatic rings. The predicted octanol–water partition coefficient (Wildman–Crippen LogP) is 3.93. The van der Waals surface area contributed by atoms with Gasteiger partial charge >= 0.3 is 0 Å². The van der Waals surface area contributed by atoms with Gasteiger partial charge in [-0.1, -0.05) is 12.1 Å². The molecule has 2 aromatic heterocycles. The van der Waals surface area contributed by atoms with Crippen LogP contribution in [0.1, 0.15) is 0 Å². The highest BCUT2D eigenvalue weighted by atomic mass is 32.2. The van der Waals surface area contributed by atoms with Gasteiger partial charge in [-0.2, -0.15) is 0 Å². The molecule has 0 spiro atoms. The Balaban J connectivity index is 1.45. The van der Waals surface area contributed by atoms with Gasteiger partial charge in [-0.05, 0) is 30.3 Å². The molecule has 29 heavy (non-hydrogen) atoms. The molecule has 9 heteroatoms. The number of benzene rings is 2. The molecular formula is C20H15N3O4S2. The van der Waals surface area contributed by atoms with Crippen LogP contribution < -0.4 is 14.2 Å². The van der Waals surface area contributed by atoms with Crippen molar-refractivity contribution >= 4 is 37.3 Å². The lowest BCUT2D eigenvalue weighted by Gasteiger charge is -2.19. The van der Waals surface area contributed by atoms with Gasteiger partial charge < -0.3 is 9.47 Å². The monoisotopic (exact) mass is 425 g/mol. The number of fused-ring (bicyclic) bond motifs is 2. The summed E-state index contributed by atoms with van der Waals surface area (Å²) >= 11 is 1.51. The van der Waals surface area contributed by atoms with Crippen molar-refractivity contribution in [2.75, 3.05) is 17.9 Å². The molecule has 146 valence electrons. The van der Waals surface area contributed by atoms with Gasteiger partial charge in [-0.15, -0.1) is 11.3 Å². The number of thiazole rings is 1. The van der Waals surface area contributed by atoms with E-state index in [4.69, 9.17) is 9.47 Å². The molecule has 0 bridgehead atoms. The number of hydrogen-bond donors (Lipinski definition) is 1. The minimum absolute atomic E-state index is 0.109. The Hall–Kier alpha value is -3.17. The molecule has 0 saturated heterocycles. The number of aromatic nitrogens is 2. The minimum atomic E-state index is -3.78. The average molecular weight is 425 g/mol. The Labute approximate surface area is 171 Å². The first-order chi connectivity index (χ1) is 14.1. The summed E-state index contributed by atoms with van der Waals surface area (Å²) in [6, 6.07) is 13.6. The summed E-state index contributed by atoms with van der Waals surface area (Å²) in [4.78, 5) is 8.82. The van der Waals surface area contributed by atoms with E-state index >= 15 is 0 Å². The number of sulfonamides is 1. The van der Waals surface area contributed by atoms with E-state index in [1.807, 2.05) is 12.1 Å². The molecule has 5 rings (SSSR count). The zero-order chi connectivity index (χ0) is 19.8. The Bertz CT molecular complexity index is 1290. The van der Waals surface area contributed by atoms with Gasteiger partial charge in [0.15, 0.2) is 11.5 Å². The fraction of sp³-hybridized carbons (Fsp3) is 0.100. The minimum Gasteiger partial charge on any atom is -0.486 e. The summed E-state index contributed by atoms with van der Waals surface area (Å²) in [5.74, 6) is 0.971. The molecule has 0 fully saturated rings. The summed E-state index contributed by atoms with van der Waals surface area (Å²) in [6.07, 6.45) is 3.47. The van der Waals surface area contributed by atoms with Crippen molar-refractivity contribution in [2.45, 2.75) is 4.90 Å². The van der Waals surface area contributed by atoms with Crippen molar-refractivity contribution in [3.05, 3.63) is 60.9 Å². The molecule has 4 aromatic rings. The highest BCUT2D eigenvalue weighted by Gasteiger charge is 2.20. The smallest absolute Gasteiger partial charge is 0.262 e. The van der Waals surface area contributed by atoms with Gasteiger partial charge in [0.2, 0.25) is 0 Å². The number of ether oxygens (including phenoxy) is 2. The second kappa shape index (κ2) is 7.02. The van der Waals surface area contributed by atoms with Crippen LogP contribution in [0.15, 0.2) is 65.8 Å². The molecule has 7 nitrogen and oxygen atoms in total. The van der Waals surface area contributed by atoms with Gasteiger partial charge in [0.1, 0.15) is 18.2 Å². The van der Waals surface area contributed by atoms with Crippen molar-refractivity contribution in [1.29, 1.82) is 0 Å². The van der Waals surface area contributed by atoms with Crippen molar-refractivity contribution in [3.63, 3.8) is 0 Å². The molecule has 0 radical (unpaired) electrons. The third-order valence-electron chi connectivity index (χ3n) is 4.38. The second-order valence-corrected chi connectivity index (χ2v) is 9.07. The number of nitrogens with zero attached hydrogens (tertiary/aromatic N) is 2. The van der Waals surface area contributed by atoms with E-state index in [1.54, 1.807) is 36.7 Å². The molecule has 0 unspecified atom stereocenters. The Morgan fingerprint density at radius 1 is 1.00 bits per heavy atom. The van der Waals surface area contributed by atoms with Gasteiger partial charge in [-0.25, -0.2) is 13.4 Å². The quantitative estimate of drug-likeness (QED) is 0.533. The largest absolute Gasteiger partial charge is 0.486 e. The van der Waals surface area contributed by atoms with Crippen LogP contribution in [0, 0.1) is 0 Å². The number of pyridine rings is 1. The van der Waals surface area contributed by atoms with E-state index < -0.39 is 10.0 Å². The SMILES string of the molecule is O=S(=O)(Nc1cccc(-c2nc3ccncc3s2)c1)c1ccc2c(c1)OCCO2. The summed E-state index contributed by atoms with van der Waals surface area (Å²) in [6.45, 7) is 0.843. The third-order valence-corrected chi connectivity index (χ3v) is 6.81. The standard InChI is InChI=1S/C20H15N3O4S2/c24-29(25,15-4-5-17-18(11-15)27-9-8-26-17)23-14-3-1-2-13(10-14)20-22-16-6-7-21-12-19(16)28-20/h1-7,10-12,23H,8-9H2. The second-order valence-electron chi connectivity index (χ2n) is 6.35. The molecular weight excluding hydrogens is 410 g/mol. The lowest BCUT2D eigenvalue weighted by Crippen LogP contribution is -2.17. The maximum absolute atomic E-state index is 12.8. The zero-order valence-corrected chi connectivity index (χ0v) is 16.7. The fourth-order valence-electron chi connectivity index (χ4n) is 3.02. The van der Waals surface area contributed by atoms with Crippen LogP contribution in [-0.2, 0) is 10.0 Å². The van der Waals surface area contributed by atoms with Gasteiger partial charge in [0.25, 0.3) is 10.0 Å². The van der Waals surface area contributed by atoms with Crippen LogP contribution in [0.2, 0.25) is 0 Å². The van der Waals surface area contributed by atoms with Gasteiger partial charge in [0, 0.05) is 29.7 Å². The molecule has 3 heterocycles. The van der Waals surface area contributed by atoms with Gasteiger partial charge in [0.05, 0.1) is 15.1 Å². The van der Waals surface area contributed by atoms with Crippen molar-refractivity contribution in [2.24, 2.45) is 0 Å². The topological polar surface area (TPSA) is 90.4 Å². The number of rotatable bonds is 4. The zero-order valence-electron chi connectivity index (χ0n) is 15.0. The molecule has 1 aliphatic heterocycles. The van der Waals surface area contributed by atoms with Crippen molar-refractivity contribution in [3.8, 4) is 22.1 Å². The molecule has 2 aromatic carbocycles. The Morgan fingerprint density at radius 3 is 2.72 bits per heavy atom. The Kier molecular flexibility index (Phi) is 4.33. The van der Waals surface area contributed by atoms with Gasteiger partial charge in [-0.3, -0.25) is 9.71 Å². The first-order valence-corrected chi connectivity index (χ1v) is 11.1. The molecule has 0 saturated carbocycles. The summed E-state index contributed by atoms with van der Waals surface area (Å²) in [5.41, 5.74) is 2.14. The first-order valence-electron chi connectivity index (χ1n) is 8.82. The maximum Gasteiger partial charge on any atom is 0.262 e. The molecule has 0 aliphatic carbocycles. The van der Waals surface area contributed by atoms with Crippen LogP contribution in [0.5, 0.6) is 11.5 Å². The molecule has 1 N–H and O–H groups in total. The normalized spacial score (nSPS) is 13.4. The average Bonchev–Trinajstić information content (AvgIpc) is 3.18. The molecule has 0 atom stereocenters. The van der Waals surface area contributed by atoms with E-state index in [-0.39, 0.29) is 4.90 Å². The summed E-state index contributed by atoms with van der Waals surface area (Å²) < 4.78 is 40.2.